The summed E-state index contributed by atoms with van der Waals surface area (Å²) in [7, 11) is 0. The second-order valence-electron chi connectivity index (χ2n) is 14.6. The number of thiophene rings is 1. The predicted octanol–water partition coefficient (Wildman–Crippen LogP) is 14.8. The molecule has 0 radical (unpaired) electrons. The van der Waals surface area contributed by atoms with Crippen LogP contribution in [0.3, 0.4) is 0 Å². The number of benzene rings is 8. The van der Waals surface area contributed by atoms with Gasteiger partial charge in [0.15, 0.2) is 17.5 Å². The number of hydrogen-bond acceptors (Lipinski definition) is 7. The highest BCUT2D eigenvalue weighted by Crippen LogP contribution is 2.43. The van der Waals surface area contributed by atoms with E-state index in [0.29, 0.717) is 17.5 Å². The van der Waals surface area contributed by atoms with E-state index in [4.69, 9.17) is 24.4 Å². The lowest BCUT2D eigenvalue weighted by Crippen LogP contribution is -2.00. The predicted molar refractivity (Wildman–Crippen MR) is 246 cm³/mol. The smallest absolute Gasteiger partial charge is 0.164 e. The van der Waals surface area contributed by atoms with Crippen molar-refractivity contribution < 1.29 is 4.42 Å². The Balaban J connectivity index is 0.939. The minimum absolute atomic E-state index is 0.602. The Hall–Kier alpha value is -7.32. The Bertz CT molecular complexity index is 3530. The van der Waals surface area contributed by atoms with Gasteiger partial charge in [-0.2, -0.15) is 0 Å². The van der Waals surface area contributed by atoms with Crippen LogP contribution in [0.5, 0.6) is 0 Å². The van der Waals surface area contributed by atoms with E-state index >= 15 is 0 Å². The summed E-state index contributed by atoms with van der Waals surface area (Å²) in [5, 5.41) is 5.57. The molecule has 0 saturated heterocycles. The van der Waals surface area contributed by atoms with E-state index in [1.54, 1.807) is 11.3 Å². The molecule has 0 amide bonds. The fraction of sp³-hybridized carbons (Fsp3) is 0. The van der Waals surface area contributed by atoms with Gasteiger partial charge in [0, 0.05) is 53.2 Å². The highest BCUT2D eigenvalue weighted by atomic mass is 32.1. The van der Waals surface area contributed by atoms with Gasteiger partial charge < -0.3 is 4.42 Å². The Morgan fingerprint density at radius 1 is 0.356 bits per heavy atom. The summed E-state index contributed by atoms with van der Waals surface area (Å²) in [5.74, 6) is 1.84. The summed E-state index contributed by atoms with van der Waals surface area (Å²) in [4.78, 5) is 20.2. The monoisotopic (exact) mass is 790 g/mol. The Morgan fingerprint density at radius 2 is 1.02 bits per heavy atom. The van der Waals surface area contributed by atoms with Crippen LogP contribution in [-0.4, -0.2) is 19.9 Å². The molecule has 4 aromatic heterocycles. The van der Waals surface area contributed by atoms with Gasteiger partial charge in [0.05, 0.1) is 10.2 Å². The largest absolute Gasteiger partial charge is 0.456 e. The van der Waals surface area contributed by atoms with Crippen LogP contribution < -0.4 is 0 Å². The summed E-state index contributed by atoms with van der Waals surface area (Å²) in [6.07, 6.45) is 0. The molecule has 4 heterocycles. The summed E-state index contributed by atoms with van der Waals surface area (Å²) >= 11 is 3.57. The molecular weight excluding hydrogens is 761 g/mol. The SMILES string of the molecule is c1ccc(-c2nc(-c3cccc(-c4cccc5c4sc4ccc(-c6ccc(-c7nc8ccccc8s7)cc6)cc45)c3)nc(-c3cccc4oc5ccccc5c34)n2)cc1. The van der Waals surface area contributed by atoms with E-state index in [1.807, 2.05) is 78.1 Å². The van der Waals surface area contributed by atoms with Crippen LogP contribution in [0.15, 0.2) is 186 Å². The molecule has 12 aromatic rings. The molecule has 0 N–H and O–H groups in total. The van der Waals surface area contributed by atoms with Crippen LogP contribution in [0.4, 0.5) is 0 Å². The van der Waals surface area contributed by atoms with Crippen LogP contribution in [0.25, 0.3) is 119 Å². The normalized spacial score (nSPS) is 11.7. The van der Waals surface area contributed by atoms with Gasteiger partial charge in [0.2, 0.25) is 0 Å². The minimum Gasteiger partial charge on any atom is -0.456 e. The van der Waals surface area contributed by atoms with Crippen molar-refractivity contribution in [2.75, 3.05) is 0 Å². The molecule has 8 aromatic carbocycles. The average Bonchev–Trinajstić information content (AvgIpc) is 4.03. The van der Waals surface area contributed by atoms with Gasteiger partial charge in [-0.15, -0.1) is 22.7 Å². The van der Waals surface area contributed by atoms with Crippen molar-refractivity contribution in [3.05, 3.63) is 182 Å². The summed E-state index contributed by atoms with van der Waals surface area (Å²) in [6, 6.07) is 63.5. The molecule has 0 spiro atoms. The van der Waals surface area contributed by atoms with Gasteiger partial charge in [-0.1, -0.05) is 140 Å². The van der Waals surface area contributed by atoms with Gasteiger partial charge in [-0.25, -0.2) is 19.9 Å². The molecule has 0 atom stereocenters. The van der Waals surface area contributed by atoms with Crippen molar-refractivity contribution in [2.45, 2.75) is 0 Å². The molecule has 7 heteroatoms. The van der Waals surface area contributed by atoms with Crippen LogP contribution in [-0.2, 0) is 0 Å². The fourth-order valence-electron chi connectivity index (χ4n) is 8.13. The number of hydrogen-bond donors (Lipinski definition) is 0. The zero-order valence-corrected chi connectivity index (χ0v) is 33.0. The van der Waals surface area contributed by atoms with Crippen LogP contribution in [0, 0.1) is 0 Å². The average molecular weight is 791 g/mol. The van der Waals surface area contributed by atoms with Crippen molar-refractivity contribution in [3.63, 3.8) is 0 Å². The summed E-state index contributed by atoms with van der Waals surface area (Å²) < 4.78 is 9.97. The molecule has 0 fully saturated rings. The number of rotatable bonds is 6. The third-order valence-electron chi connectivity index (χ3n) is 11.0. The fourth-order valence-corrected chi connectivity index (χ4v) is 10.3. The van der Waals surface area contributed by atoms with Gasteiger partial charge in [0.1, 0.15) is 16.2 Å². The number of aromatic nitrogens is 4. The summed E-state index contributed by atoms with van der Waals surface area (Å²) in [6.45, 7) is 0. The van der Waals surface area contributed by atoms with E-state index < -0.39 is 0 Å². The second-order valence-corrected chi connectivity index (χ2v) is 16.7. The first-order valence-corrected chi connectivity index (χ1v) is 21.1. The van der Waals surface area contributed by atoms with E-state index in [-0.39, 0.29) is 0 Å². The van der Waals surface area contributed by atoms with Crippen LogP contribution >= 0.6 is 22.7 Å². The molecule has 5 nitrogen and oxygen atoms in total. The number of nitrogens with zero attached hydrogens (tertiary/aromatic N) is 4. The molecular formula is C52H30N4OS2. The number of furan rings is 1. The lowest BCUT2D eigenvalue weighted by molar-refractivity contribution is 0.669. The second kappa shape index (κ2) is 13.7. The van der Waals surface area contributed by atoms with Crippen molar-refractivity contribution >= 4 is 75.0 Å². The van der Waals surface area contributed by atoms with E-state index in [0.717, 1.165) is 60.3 Å². The quantitative estimate of drug-likeness (QED) is 0.168. The van der Waals surface area contributed by atoms with E-state index in [9.17, 15) is 0 Å². The first-order valence-electron chi connectivity index (χ1n) is 19.4. The minimum atomic E-state index is 0.602. The number of thiazole rings is 1. The number of para-hydroxylation sites is 2. The van der Waals surface area contributed by atoms with E-state index in [2.05, 4.69) is 115 Å². The van der Waals surface area contributed by atoms with Crippen LogP contribution in [0.1, 0.15) is 0 Å². The first-order chi connectivity index (χ1) is 29.2. The Morgan fingerprint density at radius 3 is 1.92 bits per heavy atom. The zero-order chi connectivity index (χ0) is 38.9. The maximum absolute atomic E-state index is 6.25. The highest BCUT2D eigenvalue weighted by molar-refractivity contribution is 7.26. The molecule has 0 saturated carbocycles. The molecule has 0 aliphatic carbocycles. The van der Waals surface area contributed by atoms with Crippen molar-refractivity contribution in [3.8, 4) is 67.0 Å². The maximum atomic E-state index is 6.25. The molecule has 276 valence electrons. The topological polar surface area (TPSA) is 64.7 Å². The van der Waals surface area contributed by atoms with Gasteiger partial charge in [-0.3, -0.25) is 0 Å². The lowest BCUT2D eigenvalue weighted by Gasteiger charge is -2.10. The molecule has 59 heavy (non-hydrogen) atoms. The molecule has 12 rings (SSSR count). The van der Waals surface area contributed by atoms with Crippen molar-refractivity contribution in [1.29, 1.82) is 0 Å². The standard InChI is InChI=1S/C52H30N4OS2/c1-2-11-32(12-3-1)49-54-50(56-51(55-49)40-18-10-21-44-47(40)39-15-4-6-20-43(39)57-44)36-14-8-13-35(29-36)37-16-9-17-38-41-30-34(27-28-45(41)58-48(37)38)31-23-25-33(26-24-31)52-53-42-19-5-7-22-46(42)59-52/h1-30H. The maximum Gasteiger partial charge on any atom is 0.164 e. The van der Waals surface area contributed by atoms with E-state index in [1.165, 1.54) is 41.6 Å². The van der Waals surface area contributed by atoms with Crippen molar-refractivity contribution in [1.82, 2.24) is 19.9 Å². The zero-order valence-electron chi connectivity index (χ0n) is 31.3. The lowest BCUT2D eigenvalue weighted by atomic mass is 9.99. The number of fused-ring (bicyclic) bond motifs is 7. The van der Waals surface area contributed by atoms with Gasteiger partial charge >= 0.3 is 0 Å². The van der Waals surface area contributed by atoms with Gasteiger partial charge in [-0.05, 0) is 64.7 Å². The summed E-state index contributed by atoms with van der Waals surface area (Å²) in [5.41, 5.74) is 11.2. The third-order valence-corrected chi connectivity index (χ3v) is 13.3. The van der Waals surface area contributed by atoms with Crippen LogP contribution in [0.2, 0.25) is 0 Å². The molecule has 0 aliphatic heterocycles. The molecule has 0 unspecified atom stereocenters. The highest BCUT2D eigenvalue weighted by Gasteiger charge is 2.19. The van der Waals surface area contributed by atoms with Crippen molar-refractivity contribution in [2.24, 2.45) is 0 Å². The molecule has 0 aliphatic rings. The third kappa shape index (κ3) is 5.82. The van der Waals surface area contributed by atoms with Gasteiger partial charge in [0.25, 0.3) is 0 Å². The Labute approximate surface area is 346 Å². The Kier molecular flexibility index (Phi) is 7.82. The first kappa shape index (κ1) is 33.8. The molecule has 0 bridgehead atoms.